The van der Waals surface area contributed by atoms with Crippen LogP contribution < -0.4 is 10.6 Å². The number of nitrogens with two attached hydrogens (primary N) is 1. The Kier molecular flexibility index (Phi) is 4.89. The zero-order valence-corrected chi connectivity index (χ0v) is 12.4. The lowest BCUT2D eigenvalue weighted by Gasteiger charge is -2.36. The van der Waals surface area contributed by atoms with Gasteiger partial charge >= 0.3 is 5.97 Å². The molecule has 2 heterocycles. The van der Waals surface area contributed by atoms with Gasteiger partial charge in [0, 0.05) is 18.3 Å². The van der Waals surface area contributed by atoms with Gasteiger partial charge in [-0.2, -0.15) is 0 Å². The number of rotatable bonds is 4. The first-order valence-corrected chi connectivity index (χ1v) is 7.23. The minimum atomic E-state index is -0.277. The summed E-state index contributed by atoms with van der Waals surface area (Å²) in [5, 5.41) is 0. The third kappa shape index (κ3) is 3.07. The fraction of sp³-hybridized carbons (Fsp3) is 0.500. The van der Waals surface area contributed by atoms with Crippen LogP contribution in [0.2, 0.25) is 0 Å². The van der Waals surface area contributed by atoms with Gasteiger partial charge in [0.25, 0.3) is 0 Å². The van der Waals surface area contributed by atoms with Gasteiger partial charge in [-0.05, 0) is 32.3 Å². The van der Waals surface area contributed by atoms with Crippen molar-refractivity contribution in [2.45, 2.75) is 32.2 Å². The summed E-state index contributed by atoms with van der Waals surface area (Å²) in [5.74, 6) is -0.190. The van der Waals surface area contributed by atoms with Gasteiger partial charge in [0.2, 0.25) is 0 Å². The van der Waals surface area contributed by atoms with Gasteiger partial charge in [-0.25, -0.2) is 4.79 Å². The van der Waals surface area contributed by atoms with Crippen molar-refractivity contribution in [1.82, 2.24) is 4.98 Å². The summed E-state index contributed by atoms with van der Waals surface area (Å²) in [6, 6.07) is 1.51. The molecular weight excluding hydrogens is 274 g/mol. The number of aromatic nitrogens is 1. The molecule has 6 heteroatoms. The summed E-state index contributed by atoms with van der Waals surface area (Å²) in [7, 11) is 0. The normalized spacial score (nSPS) is 18.6. The highest BCUT2D eigenvalue weighted by molar-refractivity contribution is 7.80. The first kappa shape index (κ1) is 14.7. The van der Waals surface area contributed by atoms with E-state index >= 15 is 0 Å². The van der Waals surface area contributed by atoms with Crippen molar-refractivity contribution in [1.29, 1.82) is 0 Å². The highest BCUT2D eigenvalue weighted by Crippen LogP contribution is 2.28. The molecule has 0 aromatic carbocycles. The second kappa shape index (κ2) is 6.65. The van der Waals surface area contributed by atoms with E-state index in [1.807, 2.05) is 11.8 Å². The summed E-state index contributed by atoms with van der Waals surface area (Å²) < 4.78 is 5.17. The van der Waals surface area contributed by atoms with Crippen LogP contribution in [0.25, 0.3) is 0 Å². The Morgan fingerprint density at radius 1 is 1.60 bits per heavy atom. The van der Waals surface area contributed by atoms with Crippen LogP contribution in [-0.4, -0.2) is 35.1 Å². The molecule has 0 aliphatic carbocycles. The average molecular weight is 293 g/mol. The van der Waals surface area contributed by atoms with Gasteiger partial charge < -0.3 is 15.4 Å². The molecular formula is C14H19N3O2S. The van der Waals surface area contributed by atoms with Crippen molar-refractivity contribution in [2.24, 2.45) is 5.73 Å². The molecule has 0 amide bonds. The van der Waals surface area contributed by atoms with E-state index in [1.54, 1.807) is 18.5 Å². The van der Waals surface area contributed by atoms with Gasteiger partial charge in [0.1, 0.15) is 11.0 Å². The Balaban J connectivity index is 2.33. The predicted molar refractivity (Wildman–Crippen MR) is 81.7 cm³/mol. The van der Waals surface area contributed by atoms with E-state index in [0.29, 0.717) is 11.6 Å². The van der Waals surface area contributed by atoms with Crippen LogP contribution in [0, 0.1) is 0 Å². The smallest absolute Gasteiger partial charge is 0.328 e. The molecule has 1 aliphatic heterocycles. The van der Waals surface area contributed by atoms with E-state index < -0.39 is 0 Å². The lowest BCUT2D eigenvalue weighted by molar-refractivity contribution is -0.145. The van der Waals surface area contributed by atoms with E-state index in [2.05, 4.69) is 4.98 Å². The molecule has 108 valence electrons. The summed E-state index contributed by atoms with van der Waals surface area (Å²) in [6.07, 6.45) is 6.20. The lowest BCUT2D eigenvalue weighted by Crippen LogP contribution is -2.46. The number of esters is 1. The number of thiocarbonyl (C=S) groups is 1. The minimum absolute atomic E-state index is 0.190. The second-order valence-electron chi connectivity index (χ2n) is 4.71. The van der Waals surface area contributed by atoms with Crippen LogP contribution in [0.3, 0.4) is 0 Å². The Hall–Kier alpha value is -1.69. The SMILES string of the molecule is CCOC(=O)C1CCCCN1c1cnccc1C(N)=S. The zero-order chi connectivity index (χ0) is 14.5. The number of anilines is 1. The van der Waals surface area contributed by atoms with Gasteiger partial charge in [0.15, 0.2) is 0 Å². The van der Waals surface area contributed by atoms with Crippen molar-refractivity contribution < 1.29 is 9.53 Å². The van der Waals surface area contributed by atoms with Crippen molar-refractivity contribution in [3.8, 4) is 0 Å². The maximum absolute atomic E-state index is 12.1. The Morgan fingerprint density at radius 2 is 2.40 bits per heavy atom. The third-order valence-corrected chi connectivity index (χ3v) is 3.66. The topological polar surface area (TPSA) is 68.5 Å². The molecule has 20 heavy (non-hydrogen) atoms. The fourth-order valence-electron chi connectivity index (χ4n) is 2.53. The summed E-state index contributed by atoms with van der Waals surface area (Å²) in [6.45, 7) is 2.98. The first-order chi connectivity index (χ1) is 9.65. The van der Waals surface area contributed by atoms with Crippen molar-refractivity contribution in [3.05, 3.63) is 24.0 Å². The van der Waals surface area contributed by atoms with Crippen molar-refractivity contribution in [3.63, 3.8) is 0 Å². The van der Waals surface area contributed by atoms with Crippen LogP contribution in [0.1, 0.15) is 31.7 Å². The molecule has 0 spiro atoms. The highest BCUT2D eigenvalue weighted by Gasteiger charge is 2.31. The van der Waals surface area contributed by atoms with Gasteiger partial charge in [-0.1, -0.05) is 12.2 Å². The molecule has 2 rings (SSSR count). The molecule has 0 bridgehead atoms. The Labute approximate surface area is 124 Å². The standard InChI is InChI=1S/C14H19N3O2S/c1-2-19-14(18)11-5-3-4-8-17(11)12-9-16-7-6-10(12)13(15)20/h6-7,9,11H,2-5,8H2,1H3,(H2,15,20). The van der Waals surface area contributed by atoms with E-state index in [-0.39, 0.29) is 12.0 Å². The quantitative estimate of drug-likeness (QED) is 0.672. The second-order valence-corrected chi connectivity index (χ2v) is 5.15. The molecule has 1 saturated heterocycles. The van der Waals surface area contributed by atoms with Crippen molar-refractivity contribution in [2.75, 3.05) is 18.1 Å². The minimum Gasteiger partial charge on any atom is -0.464 e. The molecule has 0 radical (unpaired) electrons. The van der Waals surface area contributed by atoms with Crippen LogP contribution in [0.5, 0.6) is 0 Å². The number of hydrogen-bond acceptors (Lipinski definition) is 5. The maximum atomic E-state index is 12.1. The summed E-state index contributed by atoms with van der Waals surface area (Å²) >= 11 is 5.08. The number of hydrogen-bond donors (Lipinski definition) is 1. The Morgan fingerprint density at radius 3 is 3.10 bits per heavy atom. The van der Waals surface area contributed by atoms with E-state index in [1.165, 1.54) is 0 Å². The molecule has 5 nitrogen and oxygen atoms in total. The first-order valence-electron chi connectivity index (χ1n) is 6.82. The van der Waals surface area contributed by atoms with E-state index in [0.717, 1.165) is 37.1 Å². The van der Waals surface area contributed by atoms with Crippen LogP contribution >= 0.6 is 12.2 Å². The predicted octanol–water partition coefficient (Wildman–Crippen LogP) is 1.64. The van der Waals surface area contributed by atoms with Crippen molar-refractivity contribution >= 4 is 28.9 Å². The maximum Gasteiger partial charge on any atom is 0.328 e. The number of pyridine rings is 1. The number of ether oxygens (including phenoxy) is 1. The molecule has 1 fully saturated rings. The van der Waals surface area contributed by atoms with Gasteiger partial charge in [-0.3, -0.25) is 4.98 Å². The number of piperidine rings is 1. The van der Waals surface area contributed by atoms with Gasteiger partial charge in [-0.15, -0.1) is 0 Å². The lowest BCUT2D eigenvalue weighted by atomic mass is 10.0. The molecule has 1 aliphatic rings. The average Bonchev–Trinajstić information content (AvgIpc) is 2.47. The molecule has 1 atom stereocenters. The zero-order valence-electron chi connectivity index (χ0n) is 11.5. The number of carbonyl (C=O) groups excluding carboxylic acids is 1. The Bertz CT molecular complexity index is 507. The summed E-state index contributed by atoms with van der Waals surface area (Å²) in [4.78, 5) is 18.6. The van der Waals surface area contributed by atoms with Crippen LogP contribution in [0.15, 0.2) is 18.5 Å². The highest BCUT2D eigenvalue weighted by atomic mass is 32.1. The molecule has 0 saturated carbocycles. The third-order valence-electron chi connectivity index (χ3n) is 3.44. The van der Waals surface area contributed by atoms with E-state index in [9.17, 15) is 4.79 Å². The van der Waals surface area contributed by atoms with Gasteiger partial charge in [0.05, 0.1) is 18.5 Å². The molecule has 1 aromatic rings. The van der Waals surface area contributed by atoms with Crippen LogP contribution in [-0.2, 0) is 9.53 Å². The monoisotopic (exact) mass is 293 g/mol. The number of nitrogens with zero attached hydrogens (tertiary/aromatic N) is 2. The molecule has 1 aromatic heterocycles. The van der Waals surface area contributed by atoms with Crippen LogP contribution in [0.4, 0.5) is 5.69 Å². The molecule has 2 N–H and O–H groups in total. The van der Waals surface area contributed by atoms with E-state index in [4.69, 9.17) is 22.7 Å². The number of carbonyl (C=O) groups is 1. The molecule has 1 unspecified atom stereocenters. The largest absolute Gasteiger partial charge is 0.464 e. The summed E-state index contributed by atoms with van der Waals surface area (Å²) in [5.41, 5.74) is 7.34. The fourth-order valence-corrected chi connectivity index (χ4v) is 2.70.